The minimum Gasteiger partial charge on any atom is -0.480 e. The van der Waals surface area contributed by atoms with Crippen molar-refractivity contribution in [3.05, 3.63) is 52.3 Å². The van der Waals surface area contributed by atoms with Crippen LogP contribution in [0, 0.1) is 0 Å². The fourth-order valence-corrected chi connectivity index (χ4v) is 3.18. The maximum atomic E-state index is 12.5. The SMILES string of the molecule is CN(Cc1cc(Br)cn1C)C(=O)[C@H]1Cc2ccccc2O1. The number of carbonyl (C=O) groups excluding carboxylic acids is 1. The third-order valence-corrected chi connectivity index (χ3v) is 4.21. The summed E-state index contributed by atoms with van der Waals surface area (Å²) < 4.78 is 8.79. The largest absolute Gasteiger partial charge is 0.480 e. The van der Waals surface area contributed by atoms with E-state index in [1.807, 2.05) is 55.2 Å². The van der Waals surface area contributed by atoms with E-state index in [1.165, 1.54) is 0 Å². The van der Waals surface area contributed by atoms with Gasteiger partial charge in [0.25, 0.3) is 5.91 Å². The van der Waals surface area contributed by atoms with Gasteiger partial charge in [-0.2, -0.15) is 0 Å². The fourth-order valence-electron chi connectivity index (χ4n) is 2.61. The van der Waals surface area contributed by atoms with Crippen molar-refractivity contribution in [1.82, 2.24) is 9.47 Å². The highest BCUT2D eigenvalue weighted by Crippen LogP contribution is 2.29. The number of likely N-dealkylation sites (N-methyl/N-ethyl adjacent to an activating group) is 1. The van der Waals surface area contributed by atoms with E-state index in [2.05, 4.69) is 15.9 Å². The summed E-state index contributed by atoms with van der Waals surface area (Å²) in [5.74, 6) is 0.842. The van der Waals surface area contributed by atoms with Gasteiger partial charge in [-0.05, 0) is 33.6 Å². The molecule has 0 bridgehead atoms. The van der Waals surface area contributed by atoms with Crippen LogP contribution in [0.4, 0.5) is 0 Å². The van der Waals surface area contributed by atoms with Crippen LogP contribution in [0.1, 0.15) is 11.3 Å². The van der Waals surface area contributed by atoms with Crippen molar-refractivity contribution in [2.45, 2.75) is 19.1 Å². The van der Waals surface area contributed by atoms with E-state index >= 15 is 0 Å². The van der Waals surface area contributed by atoms with Gasteiger partial charge in [-0.15, -0.1) is 0 Å². The van der Waals surface area contributed by atoms with Crippen LogP contribution < -0.4 is 4.74 Å². The highest BCUT2D eigenvalue weighted by atomic mass is 79.9. The summed E-state index contributed by atoms with van der Waals surface area (Å²) in [5, 5.41) is 0. The molecule has 0 spiro atoms. The van der Waals surface area contributed by atoms with Crippen molar-refractivity contribution in [3.8, 4) is 5.75 Å². The van der Waals surface area contributed by atoms with Crippen molar-refractivity contribution >= 4 is 21.8 Å². The molecular formula is C16H17BrN2O2. The number of hydrogen-bond donors (Lipinski definition) is 0. The second-order valence-corrected chi connectivity index (χ2v) is 6.29. The molecule has 0 saturated carbocycles. The molecular weight excluding hydrogens is 332 g/mol. The molecule has 1 aromatic carbocycles. The Labute approximate surface area is 132 Å². The zero-order valence-electron chi connectivity index (χ0n) is 12.0. The number of amides is 1. The maximum Gasteiger partial charge on any atom is 0.264 e. The monoisotopic (exact) mass is 348 g/mol. The molecule has 1 atom stereocenters. The number of halogens is 1. The summed E-state index contributed by atoms with van der Waals surface area (Å²) in [6.45, 7) is 0.567. The molecule has 1 amide bonds. The van der Waals surface area contributed by atoms with Gasteiger partial charge >= 0.3 is 0 Å². The molecule has 1 aliphatic heterocycles. The summed E-state index contributed by atoms with van der Waals surface area (Å²) in [5.41, 5.74) is 2.18. The first-order chi connectivity index (χ1) is 10.0. The minimum atomic E-state index is -0.406. The Morgan fingerprint density at radius 3 is 2.90 bits per heavy atom. The maximum absolute atomic E-state index is 12.5. The molecule has 21 heavy (non-hydrogen) atoms. The summed E-state index contributed by atoms with van der Waals surface area (Å²) >= 11 is 3.45. The number of carbonyl (C=O) groups is 1. The van der Waals surface area contributed by atoms with Gasteiger partial charge in [0, 0.05) is 36.9 Å². The molecule has 5 heteroatoms. The predicted molar refractivity (Wildman–Crippen MR) is 84.1 cm³/mol. The molecule has 0 N–H and O–H groups in total. The zero-order chi connectivity index (χ0) is 15.0. The topological polar surface area (TPSA) is 34.5 Å². The van der Waals surface area contributed by atoms with Gasteiger partial charge in [0.2, 0.25) is 0 Å². The molecule has 1 aliphatic rings. The van der Waals surface area contributed by atoms with E-state index in [-0.39, 0.29) is 5.91 Å². The Hall–Kier alpha value is -1.75. The van der Waals surface area contributed by atoms with E-state index in [0.29, 0.717) is 13.0 Å². The summed E-state index contributed by atoms with van der Waals surface area (Å²) in [7, 11) is 3.79. The van der Waals surface area contributed by atoms with Gasteiger partial charge in [-0.3, -0.25) is 4.79 Å². The molecule has 1 aromatic heterocycles. The number of aromatic nitrogens is 1. The van der Waals surface area contributed by atoms with Gasteiger partial charge in [0.05, 0.1) is 6.54 Å². The molecule has 0 fully saturated rings. The van der Waals surface area contributed by atoms with Crippen molar-refractivity contribution in [3.63, 3.8) is 0 Å². The smallest absolute Gasteiger partial charge is 0.264 e. The lowest BCUT2D eigenvalue weighted by molar-refractivity contribution is -0.137. The normalized spacial score (nSPS) is 16.4. The van der Waals surface area contributed by atoms with Gasteiger partial charge < -0.3 is 14.2 Å². The van der Waals surface area contributed by atoms with Crippen molar-refractivity contribution in [2.24, 2.45) is 7.05 Å². The van der Waals surface area contributed by atoms with Crippen LogP contribution in [0.15, 0.2) is 41.0 Å². The van der Waals surface area contributed by atoms with Crippen LogP contribution >= 0.6 is 15.9 Å². The molecule has 0 aliphatic carbocycles. The second-order valence-electron chi connectivity index (χ2n) is 5.37. The Balaban J connectivity index is 1.68. The Kier molecular flexibility index (Phi) is 3.76. The van der Waals surface area contributed by atoms with Crippen LogP contribution in [-0.4, -0.2) is 28.5 Å². The van der Waals surface area contributed by atoms with Gasteiger partial charge in [0.15, 0.2) is 6.10 Å². The third-order valence-electron chi connectivity index (χ3n) is 3.77. The fraction of sp³-hybridized carbons (Fsp3) is 0.312. The average molecular weight is 349 g/mol. The zero-order valence-corrected chi connectivity index (χ0v) is 13.6. The number of benzene rings is 1. The molecule has 0 radical (unpaired) electrons. The van der Waals surface area contributed by atoms with Crippen LogP contribution in [0.2, 0.25) is 0 Å². The predicted octanol–water partition coefficient (Wildman–Crippen LogP) is 2.75. The summed E-state index contributed by atoms with van der Waals surface area (Å²) in [6.07, 6.45) is 2.22. The van der Waals surface area contributed by atoms with Crippen molar-refractivity contribution in [2.75, 3.05) is 7.05 Å². The molecule has 3 rings (SSSR count). The first-order valence-electron chi connectivity index (χ1n) is 6.85. The lowest BCUT2D eigenvalue weighted by Crippen LogP contribution is -2.38. The number of ether oxygens (including phenoxy) is 1. The molecule has 4 nitrogen and oxygen atoms in total. The molecule has 2 aromatic rings. The Morgan fingerprint density at radius 1 is 1.48 bits per heavy atom. The van der Waals surface area contributed by atoms with Crippen LogP contribution in [-0.2, 0) is 24.8 Å². The number of para-hydroxylation sites is 1. The van der Waals surface area contributed by atoms with E-state index in [9.17, 15) is 4.79 Å². The first kappa shape index (κ1) is 14.2. The number of nitrogens with zero attached hydrogens (tertiary/aromatic N) is 2. The first-order valence-corrected chi connectivity index (χ1v) is 7.64. The lowest BCUT2D eigenvalue weighted by Gasteiger charge is -2.21. The van der Waals surface area contributed by atoms with Gasteiger partial charge in [-0.25, -0.2) is 0 Å². The Bertz CT molecular complexity index is 656. The van der Waals surface area contributed by atoms with E-state index < -0.39 is 6.10 Å². The molecule has 0 saturated heterocycles. The molecule has 0 unspecified atom stereocenters. The summed E-state index contributed by atoms with van der Waals surface area (Å²) in [4.78, 5) is 14.2. The number of fused-ring (bicyclic) bond motifs is 1. The average Bonchev–Trinajstić information content (AvgIpc) is 3.01. The van der Waals surface area contributed by atoms with E-state index in [4.69, 9.17) is 4.74 Å². The van der Waals surface area contributed by atoms with E-state index in [0.717, 1.165) is 21.5 Å². The quantitative estimate of drug-likeness (QED) is 0.854. The third kappa shape index (κ3) is 2.83. The van der Waals surface area contributed by atoms with Crippen molar-refractivity contribution in [1.29, 1.82) is 0 Å². The van der Waals surface area contributed by atoms with Gasteiger partial charge in [0.1, 0.15) is 5.75 Å². The standard InChI is InChI=1S/C16H17BrN2O2/c1-18-9-12(17)8-13(18)10-19(2)16(20)15-7-11-5-3-4-6-14(11)21-15/h3-6,8-9,15H,7,10H2,1-2H3/t15-/m1/s1. The van der Waals surface area contributed by atoms with Gasteiger partial charge in [-0.1, -0.05) is 18.2 Å². The summed E-state index contributed by atoms with van der Waals surface area (Å²) in [6, 6.07) is 9.85. The number of hydrogen-bond acceptors (Lipinski definition) is 2. The van der Waals surface area contributed by atoms with Crippen LogP contribution in [0.25, 0.3) is 0 Å². The van der Waals surface area contributed by atoms with Crippen LogP contribution in [0.3, 0.4) is 0 Å². The number of rotatable bonds is 3. The van der Waals surface area contributed by atoms with Crippen molar-refractivity contribution < 1.29 is 9.53 Å². The van der Waals surface area contributed by atoms with Crippen LogP contribution in [0.5, 0.6) is 5.75 Å². The highest BCUT2D eigenvalue weighted by Gasteiger charge is 2.31. The highest BCUT2D eigenvalue weighted by molar-refractivity contribution is 9.10. The second kappa shape index (κ2) is 5.56. The molecule has 110 valence electrons. The Morgan fingerprint density at radius 2 is 2.24 bits per heavy atom. The lowest BCUT2D eigenvalue weighted by atomic mass is 10.1. The minimum absolute atomic E-state index is 0.0172. The number of aryl methyl sites for hydroxylation is 1. The molecule has 2 heterocycles. The van der Waals surface area contributed by atoms with E-state index in [1.54, 1.807) is 4.90 Å².